The van der Waals surface area contributed by atoms with Crippen LogP contribution in [-0.4, -0.2) is 26.8 Å². The van der Waals surface area contributed by atoms with Crippen LogP contribution >= 0.6 is 11.3 Å². The number of benzene rings is 1. The van der Waals surface area contributed by atoms with Crippen molar-refractivity contribution in [1.82, 2.24) is 20.2 Å². The minimum atomic E-state index is -0.573. The average Bonchev–Trinajstić information content (AvgIpc) is 3.23. The Morgan fingerprint density at radius 2 is 1.89 bits per heavy atom. The van der Waals surface area contributed by atoms with E-state index >= 15 is 0 Å². The smallest absolute Gasteiger partial charge is 0.325 e. The first-order valence-electron chi connectivity index (χ1n) is 8.61. The van der Waals surface area contributed by atoms with Gasteiger partial charge in [0.1, 0.15) is 11.4 Å². The van der Waals surface area contributed by atoms with Crippen LogP contribution in [0.1, 0.15) is 5.56 Å². The van der Waals surface area contributed by atoms with Crippen LogP contribution in [0.4, 0.5) is 0 Å². The molecule has 4 rings (SSSR count). The second kappa shape index (κ2) is 8.01. The minimum absolute atomic E-state index is 0.220. The summed E-state index contributed by atoms with van der Waals surface area (Å²) in [6.07, 6.45) is 2.06. The summed E-state index contributed by atoms with van der Waals surface area (Å²) in [5, 5.41) is 10.4. The molecule has 140 valence electrons. The second-order valence-electron chi connectivity index (χ2n) is 5.99. The maximum atomic E-state index is 12.1. The highest BCUT2D eigenvalue weighted by molar-refractivity contribution is 7.13. The van der Waals surface area contributed by atoms with Gasteiger partial charge in [0.15, 0.2) is 5.75 Å². The third-order valence-electron chi connectivity index (χ3n) is 4.10. The Balaban J connectivity index is 1.66. The van der Waals surface area contributed by atoms with Crippen LogP contribution in [0.3, 0.4) is 0 Å². The van der Waals surface area contributed by atoms with E-state index in [1.165, 1.54) is 23.1 Å². The number of aromatic amines is 2. The topological polar surface area (TPSA) is 101 Å². The Hall–Kier alpha value is -3.52. The molecule has 0 spiro atoms. The fourth-order valence-corrected chi connectivity index (χ4v) is 3.44. The third-order valence-corrected chi connectivity index (χ3v) is 4.98. The number of nitrogens with zero attached hydrogens (tertiary/aromatic N) is 2. The molecule has 8 heteroatoms. The van der Waals surface area contributed by atoms with Crippen LogP contribution in [0.2, 0.25) is 0 Å². The minimum Gasteiger partial charge on any atom is -0.491 e. The highest BCUT2D eigenvalue weighted by Gasteiger charge is 2.15. The van der Waals surface area contributed by atoms with Crippen molar-refractivity contribution in [3.05, 3.63) is 86.5 Å². The quantitative estimate of drug-likeness (QED) is 0.525. The zero-order valence-corrected chi connectivity index (χ0v) is 15.5. The van der Waals surface area contributed by atoms with Gasteiger partial charge in [0.2, 0.25) is 0 Å². The normalized spacial score (nSPS) is 10.7. The first-order chi connectivity index (χ1) is 13.7. The Labute approximate surface area is 163 Å². The number of hydrogen-bond donors (Lipinski definition) is 2. The van der Waals surface area contributed by atoms with Crippen molar-refractivity contribution in [3.63, 3.8) is 0 Å². The zero-order chi connectivity index (χ0) is 19.3. The predicted octanol–water partition coefficient (Wildman–Crippen LogP) is 2.87. The van der Waals surface area contributed by atoms with Crippen LogP contribution in [0.15, 0.2) is 69.7 Å². The van der Waals surface area contributed by atoms with Gasteiger partial charge in [-0.3, -0.25) is 9.78 Å². The molecule has 0 aliphatic rings. The largest absolute Gasteiger partial charge is 0.491 e. The van der Waals surface area contributed by atoms with E-state index in [0.29, 0.717) is 23.7 Å². The first-order valence-corrected chi connectivity index (χ1v) is 9.49. The number of nitrogens with one attached hydrogen (secondary N) is 2. The molecule has 0 unspecified atom stereocenters. The van der Waals surface area contributed by atoms with Crippen molar-refractivity contribution >= 4 is 11.3 Å². The molecule has 0 aliphatic carbocycles. The van der Waals surface area contributed by atoms with E-state index in [1.54, 1.807) is 6.07 Å². The molecule has 28 heavy (non-hydrogen) atoms. The van der Waals surface area contributed by atoms with Crippen LogP contribution in [0, 0.1) is 0 Å². The second-order valence-corrected chi connectivity index (χ2v) is 6.94. The molecule has 3 aromatic heterocycles. The Morgan fingerprint density at radius 1 is 1.04 bits per heavy atom. The lowest BCUT2D eigenvalue weighted by Crippen LogP contribution is -2.23. The molecule has 3 heterocycles. The van der Waals surface area contributed by atoms with Crippen LogP contribution in [0.25, 0.3) is 21.8 Å². The number of aromatic nitrogens is 4. The van der Waals surface area contributed by atoms with Crippen molar-refractivity contribution < 1.29 is 4.74 Å². The van der Waals surface area contributed by atoms with Crippen molar-refractivity contribution in [2.45, 2.75) is 6.42 Å². The molecule has 0 saturated heterocycles. The maximum Gasteiger partial charge on any atom is 0.325 e. The van der Waals surface area contributed by atoms with Crippen molar-refractivity contribution in [3.8, 4) is 27.6 Å². The highest BCUT2D eigenvalue weighted by atomic mass is 32.1. The first kappa shape index (κ1) is 17.9. The molecule has 0 bridgehead atoms. The number of hydrogen-bond acceptors (Lipinski definition) is 6. The van der Waals surface area contributed by atoms with Gasteiger partial charge >= 0.3 is 5.69 Å². The van der Waals surface area contributed by atoms with Crippen molar-refractivity contribution in [1.29, 1.82) is 0 Å². The summed E-state index contributed by atoms with van der Waals surface area (Å²) in [6, 6.07) is 15.6. The molecule has 1 aromatic carbocycles. The summed E-state index contributed by atoms with van der Waals surface area (Å²) in [5.74, 6) is 0.536. The lowest BCUT2D eigenvalue weighted by molar-refractivity contribution is 0.322. The summed E-state index contributed by atoms with van der Waals surface area (Å²) in [5.41, 5.74) is 1.23. The van der Waals surface area contributed by atoms with Crippen molar-refractivity contribution in [2.24, 2.45) is 0 Å². The molecule has 0 aliphatic heterocycles. The Bertz CT molecular complexity index is 1180. The SMILES string of the molecule is O=c1[nH]cc(-c2cc(OCCc3ccccc3)c(-c3cccs3)nn2)c(=O)[nH]1. The van der Waals surface area contributed by atoms with Gasteiger partial charge in [0.25, 0.3) is 5.56 Å². The third kappa shape index (κ3) is 3.91. The molecule has 0 amide bonds. The average molecular weight is 392 g/mol. The maximum absolute atomic E-state index is 12.1. The van der Waals surface area contributed by atoms with Gasteiger partial charge in [0, 0.05) is 18.7 Å². The van der Waals surface area contributed by atoms with E-state index in [9.17, 15) is 9.59 Å². The molecule has 4 aromatic rings. The summed E-state index contributed by atoms with van der Waals surface area (Å²) < 4.78 is 6.01. The number of ether oxygens (including phenoxy) is 1. The van der Waals surface area contributed by atoms with E-state index in [2.05, 4.69) is 20.2 Å². The Morgan fingerprint density at radius 3 is 2.64 bits per heavy atom. The van der Waals surface area contributed by atoms with E-state index in [0.717, 1.165) is 11.3 Å². The molecule has 0 saturated carbocycles. The molecule has 0 atom stereocenters. The number of rotatable bonds is 6. The van der Waals surface area contributed by atoms with Gasteiger partial charge in [-0.1, -0.05) is 36.4 Å². The van der Waals surface area contributed by atoms with Crippen LogP contribution in [-0.2, 0) is 6.42 Å². The van der Waals surface area contributed by atoms with Crippen LogP contribution < -0.4 is 16.0 Å². The van der Waals surface area contributed by atoms with Crippen molar-refractivity contribution in [2.75, 3.05) is 6.61 Å². The number of H-pyrrole nitrogens is 2. The predicted molar refractivity (Wildman–Crippen MR) is 108 cm³/mol. The molecule has 7 nitrogen and oxygen atoms in total. The number of thiophene rings is 1. The van der Waals surface area contributed by atoms with E-state index in [1.807, 2.05) is 47.8 Å². The Kier molecular flexibility index (Phi) is 5.11. The van der Waals surface area contributed by atoms with Crippen LogP contribution in [0.5, 0.6) is 5.75 Å². The fraction of sp³-hybridized carbons (Fsp3) is 0.100. The van der Waals surface area contributed by atoms with E-state index in [4.69, 9.17) is 4.74 Å². The highest BCUT2D eigenvalue weighted by Crippen LogP contribution is 2.32. The van der Waals surface area contributed by atoms with Gasteiger partial charge in [-0.25, -0.2) is 4.79 Å². The van der Waals surface area contributed by atoms with Gasteiger partial charge < -0.3 is 9.72 Å². The molecule has 0 radical (unpaired) electrons. The lowest BCUT2D eigenvalue weighted by Gasteiger charge is -2.11. The standard InChI is InChI=1S/C20H16N4O3S/c25-19-14(12-21-20(26)22-19)15-11-16(18(24-23-15)17-7-4-10-28-17)27-9-8-13-5-2-1-3-6-13/h1-7,10-12H,8-9H2,(H2,21,22,25,26). The van der Waals surface area contributed by atoms with E-state index in [-0.39, 0.29) is 5.56 Å². The molecule has 0 fully saturated rings. The van der Waals surface area contributed by atoms with Gasteiger partial charge in [0.05, 0.1) is 17.0 Å². The summed E-state index contributed by atoms with van der Waals surface area (Å²) in [7, 11) is 0. The molecular formula is C20H16N4O3S. The van der Waals surface area contributed by atoms with Gasteiger partial charge in [-0.05, 0) is 17.0 Å². The summed E-state index contributed by atoms with van der Waals surface area (Å²) >= 11 is 1.53. The van der Waals surface area contributed by atoms with Gasteiger partial charge in [-0.15, -0.1) is 21.5 Å². The summed E-state index contributed by atoms with van der Waals surface area (Å²) in [4.78, 5) is 28.9. The summed E-state index contributed by atoms with van der Waals surface area (Å²) in [6.45, 7) is 0.454. The molecular weight excluding hydrogens is 376 g/mol. The van der Waals surface area contributed by atoms with Gasteiger partial charge in [-0.2, -0.15) is 0 Å². The fourth-order valence-electron chi connectivity index (χ4n) is 2.72. The molecule has 2 N–H and O–H groups in total. The lowest BCUT2D eigenvalue weighted by atomic mass is 10.1. The monoisotopic (exact) mass is 392 g/mol. The van der Waals surface area contributed by atoms with E-state index < -0.39 is 11.2 Å². The zero-order valence-electron chi connectivity index (χ0n) is 14.7.